The molecular formula is C12H13F3O2. The number of hydrogen-bond acceptors (Lipinski definition) is 1. The van der Waals surface area contributed by atoms with Crippen molar-refractivity contribution in [1.29, 1.82) is 0 Å². The van der Waals surface area contributed by atoms with Crippen LogP contribution in [0.5, 0.6) is 0 Å². The first-order valence-electron chi connectivity index (χ1n) is 5.17. The minimum atomic E-state index is -1.43. The number of benzene rings is 1. The van der Waals surface area contributed by atoms with Gasteiger partial charge in [0.25, 0.3) is 0 Å². The molecule has 0 aliphatic carbocycles. The number of rotatable bonds is 4. The van der Waals surface area contributed by atoms with Crippen LogP contribution in [0.25, 0.3) is 0 Å². The van der Waals surface area contributed by atoms with Crippen molar-refractivity contribution < 1.29 is 23.1 Å². The van der Waals surface area contributed by atoms with Crippen molar-refractivity contribution >= 4 is 5.97 Å². The minimum Gasteiger partial charge on any atom is -0.481 e. The summed E-state index contributed by atoms with van der Waals surface area (Å²) >= 11 is 0. The van der Waals surface area contributed by atoms with Gasteiger partial charge in [0.1, 0.15) is 6.17 Å². The zero-order valence-corrected chi connectivity index (χ0v) is 9.51. The second-order valence-corrected chi connectivity index (χ2v) is 4.04. The van der Waals surface area contributed by atoms with E-state index in [1.807, 2.05) is 0 Å². The largest absolute Gasteiger partial charge is 0.481 e. The molecular weight excluding hydrogens is 233 g/mol. The van der Waals surface area contributed by atoms with Crippen molar-refractivity contribution in [3.05, 3.63) is 34.9 Å². The summed E-state index contributed by atoms with van der Waals surface area (Å²) in [5, 5.41) is 8.69. The predicted molar refractivity (Wildman–Crippen MR) is 56.4 cm³/mol. The van der Waals surface area contributed by atoms with Crippen LogP contribution in [0.4, 0.5) is 13.2 Å². The number of hydrogen-bond donors (Lipinski definition) is 1. The van der Waals surface area contributed by atoms with Gasteiger partial charge in [-0.3, -0.25) is 4.79 Å². The lowest BCUT2D eigenvalue weighted by Crippen LogP contribution is -2.14. The van der Waals surface area contributed by atoms with Crippen molar-refractivity contribution in [2.45, 2.75) is 26.4 Å². The summed E-state index contributed by atoms with van der Waals surface area (Å²) in [6, 6.07) is 1.96. The smallest absolute Gasteiger partial charge is 0.306 e. The Hall–Kier alpha value is -1.52. The van der Waals surface area contributed by atoms with E-state index in [0.29, 0.717) is 0 Å². The molecule has 2 atom stereocenters. The van der Waals surface area contributed by atoms with Gasteiger partial charge in [0.15, 0.2) is 11.6 Å². The molecule has 1 N–H and O–H groups in total. The first kappa shape index (κ1) is 13.5. The highest BCUT2D eigenvalue weighted by Crippen LogP contribution is 2.24. The van der Waals surface area contributed by atoms with Crippen LogP contribution in [0, 0.1) is 17.6 Å². The highest BCUT2D eigenvalue weighted by Gasteiger charge is 2.18. The molecule has 0 aromatic heterocycles. The van der Waals surface area contributed by atoms with Crippen molar-refractivity contribution in [2.24, 2.45) is 5.92 Å². The van der Waals surface area contributed by atoms with Crippen LogP contribution in [0.3, 0.4) is 0 Å². The van der Waals surface area contributed by atoms with Crippen molar-refractivity contribution in [3.63, 3.8) is 0 Å². The molecule has 0 fully saturated rings. The monoisotopic (exact) mass is 246 g/mol. The Morgan fingerprint density at radius 1 is 1.35 bits per heavy atom. The second kappa shape index (κ2) is 5.21. The summed E-state index contributed by atoms with van der Waals surface area (Å²) < 4.78 is 39.6. The van der Waals surface area contributed by atoms with Gasteiger partial charge in [-0.05, 0) is 36.6 Å². The van der Waals surface area contributed by atoms with Crippen LogP contribution in [-0.2, 0) is 11.2 Å². The van der Waals surface area contributed by atoms with E-state index in [9.17, 15) is 18.0 Å². The molecule has 94 valence electrons. The summed E-state index contributed by atoms with van der Waals surface area (Å²) in [5.41, 5.74) is -0.101. The Bertz CT molecular complexity index is 430. The van der Waals surface area contributed by atoms with Gasteiger partial charge in [-0.1, -0.05) is 6.92 Å². The molecule has 0 amide bonds. The molecule has 2 nitrogen and oxygen atoms in total. The average Bonchev–Trinajstić information content (AvgIpc) is 2.23. The molecule has 0 saturated heterocycles. The highest BCUT2D eigenvalue weighted by molar-refractivity contribution is 5.69. The Labute approximate surface area is 97.1 Å². The number of halogens is 3. The fourth-order valence-electron chi connectivity index (χ4n) is 1.46. The lowest BCUT2D eigenvalue weighted by atomic mass is 9.98. The van der Waals surface area contributed by atoms with Crippen molar-refractivity contribution in [3.8, 4) is 0 Å². The topological polar surface area (TPSA) is 37.3 Å². The molecule has 0 aliphatic heterocycles. The molecule has 0 radical (unpaired) electrons. The number of aliphatic carboxylic acids is 1. The molecule has 2 unspecified atom stereocenters. The maximum absolute atomic E-state index is 13.4. The van der Waals surface area contributed by atoms with Crippen molar-refractivity contribution in [1.82, 2.24) is 0 Å². The zero-order valence-electron chi connectivity index (χ0n) is 9.51. The minimum absolute atomic E-state index is 0.0106. The number of carboxylic acids is 1. The molecule has 0 saturated carbocycles. The van der Waals surface area contributed by atoms with E-state index in [0.717, 1.165) is 6.07 Å². The quantitative estimate of drug-likeness (QED) is 0.885. The molecule has 1 aromatic rings. The van der Waals surface area contributed by atoms with Gasteiger partial charge in [-0.25, -0.2) is 13.2 Å². The van der Waals surface area contributed by atoms with E-state index in [1.165, 1.54) is 19.9 Å². The van der Waals surface area contributed by atoms with Gasteiger partial charge in [-0.2, -0.15) is 0 Å². The second-order valence-electron chi connectivity index (χ2n) is 4.04. The Morgan fingerprint density at radius 3 is 2.41 bits per heavy atom. The van der Waals surface area contributed by atoms with Gasteiger partial charge in [-0.15, -0.1) is 0 Å². The standard InChI is InChI=1S/C12H13F3O2/c1-6(12(16)17)3-9-4-8(7(2)13)5-10(14)11(9)15/h4-7H,3H2,1-2H3,(H,16,17). The predicted octanol–water partition coefficient (Wildman–Crippen LogP) is 3.26. The van der Waals surface area contributed by atoms with Crippen LogP contribution in [0.2, 0.25) is 0 Å². The fourth-order valence-corrected chi connectivity index (χ4v) is 1.46. The molecule has 0 spiro atoms. The van der Waals surface area contributed by atoms with Crippen LogP contribution >= 0.6 is 0 Å². The Kier molecular flexibility index (Phi) is 4.15. The molecule has 17 heavy (non-hydrogen) atoms. The summed E-state index contributed by atoms with van der Waals surface area (Å²) in [5.74, 6) is -4.22. The third-order valence-corrected chi connectivity index (χ3v) is 2.53. The summed E-state index contributed by atoms with van der Waals surface area (Å²) in [4.78, 5) is 10.6. The van der Waals surface area contributed by atoms with E-state index in [2.05, 4.69) is 0 Å². The fraction of sp³-hybridized carbons (Fsp3) is 0.417. The van der Waals surface area contributed by atoms with Gasteiger partial charge < -0.3 is 5.11 Å². The lowest BCUT2D eigenvalue weighted by molar-refractivity contribution is -0.141. The molecule has 5 heteroatoms. The molecule has 0 heterocycles. The van der Waals surface area contributed by atoms with E-state index < -0.39 is 29.7 Å². The van der Waals surface area contributed by atoms with Gasteiger partial charge >= 0.3 is 5.97 Å². The van der Waals surface area contributed by atoms with E-state index in [-0.39, 0.29) is 17.5 Å². The number of alkyl halides is 1. The van der Waals surface area contributed by atoms with Crippen LogP contribution in [-0.4, -0.2) is 11.1 Å². The molecule has 1 aromatic carbocycles. The number of carboxylic acid groups (broad SMARTS) is 1. The summed E-state index contributed by atoms with van der Waals surface area (Å²) in [6.07, 6.45) is -1.59. The molecule has 0 bridgehead atoms. The molecule has 1 rings (SSSR count). The lowest BCUT2D eigenvalue weighted by Gasteiger charge is -2.11. The van der Waals surface area contributed by atoms with Crippen molar-refractivity contribution in [2.75, 3.05) is 0 Å². The summed E-state index contributed by atoms with van der Waals surface area (Å²) in [6.45, 7) is 2.59. The normalized spacial score (nSPS) is 14.4. The van der Waals surface area contributed by atoms with Gasteiger partial charge in [0, 0.05) is 0 Å². The maximum Gasteiger partial charge on any atom is 0.306 e. The maximum atomic E-state index is 13.4. The third-order valence-electron chi connectivity index (χ3n) is 2.53. The first-order valence-corrected chi connectivity index (χ1v) is 5.17. The highest BCUT2D eigenvalue weighted by atomic mass is 19.2. The Balaban J connectivity index is 3.09. The zero-order chi connectivity index (χ0) is 13.2. The number of carbonyl (C=O) groups is 1. The first-order chi connectivity index (χ1) is 7.82. The SMILES string of the molecule is CC(Cc1cc(C(C)F)cc(F)c1F)C(=O)O. The van der Waals surface area contributed by atoms with E-state index >= 15 is 0 Å². The van der Waals surface area contributed by atoms with Crippen LogP contribution in [0.15, 0.2) is 12.1 Å². The Morgan fingerprint density at radius 2 is 1.94 bits per heavy atom. The third kappa shape index (κ3) is 3.22. The van der Waals surface area contributed by atoms with Gasteiger partial charge in [0.2, 0.25) is 0 Å². The van der Waals surface area contributed by atoms with E-state index in [4.69, 9.17) is 5.11 Å². The van der Waals surface area contributed by atoms with Crippen LogP contribution in [0.1, 0.15) is 31.1 Å². The van der Waals surface area contributed by atoms with Crippen LogP contribution < -0.4 is 0 Å². The average molecular weight is 246 g/mol. The van der Waals surface area contributed by atoms with Gasteiger partial charge in [0.05, 0.1) is 5.92 Å². The van der Waals surface area contributed by atoms with E-state index in [1.54, 1.807) is 0 Å². The summed E-state index contributed by atoms with van der Waals surface area (Å²) in [7, 11) is 0. The molecule has 0 aliphatic rings.